The van der Waals surface area contributed by atoms with Crippen molar-refractivity contribution in [2.45, 2.75) is 19.4 Å². The van der Waals surface area contributed by atoms with E-state index in [1.807, 2.05) is 19.1 Å². The second-order valence-corrected chi connectivity index (χ2v) is 3.86. The predicted molar refractivity (Wildman–Crippen MR) is 61.0 cm³/mol. The molecule has 1 aliphatic rings. The van der Waals surface area contributed by atoms with E-state index in [-0.39, 0.29) is 11.9 Å². The summed E-state index contributed by atoms with van der Waals surface area (Å²) in [6, 6.07) is 8.20. The second kappa shape index (κ2) is 3.93. The Balaban J connectivity index is 2.24. The summed E-state index contributed by atoms with van der Waals surface area (Å²) in [6.45, 7) is 2.88. The number of fused-ring (bicyclic) bond motifs is 1. The molecule has 0 unspecified atom stereocenters. The second-order valence-electron chi connectivity index (χ2n) is 3.86. The van der Waals surface area contributed by atoms with E-state index in [1.165, 1.54) is 11.3 Å². The molecule has 1 atom stereocenters. The van der Waals surface area contributed by atoms with Crippen molar-refractivity contribution in [1.82, 2.24) is 5.32 Å². The average molecular weight is 204 g/mol. The van der Waals surface area contributed by atoms with E-state index >= 15 is 0 Å². The summed E-state index contributed by atoms with van der Waals surface area (Å²) in [6.07, 6.45) is 1.04. The third kappa shape index (κ3) is 1.69. The number of likely N-dealkylation sites (N-methyl/N-ethyl adjacent to an activating group) is 1. The average Bonchev–Trinajstić information content (AvgIpc) is 2.70. The highest BCUT2D eigenvalue weighted by Gasteiger charge is 2.26. The quantitative estimate of drug-likeness (QED) is 0.784. The molecule has 0 aliphatic carbocycles. The van der Waals surface area contributed by atoms with Crippen molar-refractivity contribution in [3.63, 3.8) is 0 Å². The molecule has 1 aromatic carbocycles. The Kier molecular flexibility index (Phi) is 2.62. The lowest BCUT2D eigenvalue weighted by Crippen LogP contribution is -2.43. The molecule has 80 valence electrons. The van der Waals surface area contributed by atoms with Gasteiger partial charge in [0, 0.05) is 19.3 Å². The lowest BCUT2D eigenvalue weighted by Gasteiger charge is -2.25. The Labute approximate surface area is 90.1 Å². The highest BCUT2D eigenvalue weighted by Crippen LogP contribution is 2.28. The molecule has 3 nitrogen and oxygen atoms in total. The molecule has 1 N–H and O–H groups in total. The Bertz CT molecular complexity index is 376. The molecule has 1 amide bonds. The van der Waals surface area contributed by atoms with E-state index in [1.54, 1.807) is 7.05 Å². The fraction of sp³-hybridized carbons (Fsp3) is 0.417. The van der Waals surface area contributed by atoms with Gasteiger partial charge in [0.25, 0.3) is 0 Å². The maximum absolute atomic E-state index is 11.6. The molecule has 0 saturated carbocycles. The summed E-state index contributed by atoms with van der Waals surface area (Å²) in [5.74, 6) is 0.0757. The van der Waals surface area contributed by atoms with Crippen LogP contribution in [0.4, 0.5) is 5.69 Å². The molecule has 0 saturated heterocycles. The van der Waals surface area contributed by atoms with Crippen molar-refractivity contribution >= 4 is 11.6 Å². The Morgan fingerprint density at radius 2 is 2.20 bits per heavy atom. The molecule has 0 radical (unpaired) electrons. The maximum atomic E-state index is 11.6. The largest absolute Gasteiger partial charge is 0.359 e. The highest BCUT2D eigenvalue weighted by molar-refractivity contribution is 5.85. The molecule has 2 rings (SSSR count). The number of nitrogens with one attached hydrogen (secondary N) is 1. The zero-order valence-corrected chi connectivity index (χ0v) is 9.16. The van der Waals surface area contributed by atoms with Gasteiger partial charge in [-0.1, -0.05) is 18.2 Å². The van der Waals surface area contributed by atoms with Crippen LogP contribution in [-0.4, -0.2) is 25.5 Å². The van der Waals surface area contributed by atoms with Crippen molar-refractivity contribution < 1.29 is 4.79 Å². The molecular weight excluding hydrogens is 188 g/mol. The summed E-state index contributed by atoms with van der Waals surface area (Å²) in [4.78, 5) is 13.7. The normalized spacial score (nSPS) is 16.0. The van der Waals surface area contributed by atoms with Crippen LogP contribution in [-0.2, 0) is 11.2 Å². The first-order chi connectivity index (χ1) is 7.24. The zero-order valence-electron chi connectivity index (χ0n) is 9.16. The summed E-state index contributed by atoms with van der Waals surface area (Å²) >= 11 is 0. The third-order valence-corrected chi connectivity index (χ3v) is 3.02. The van der Waals surface area contributed by atoms with Gasteiger partial charge < -0.3 is 10.2 Å². The van der Waals surface area contributed by atoms with Gasteiger partial charge in [-0.25, -0.2) is 0 Å². The SMILES string of the molecule is CNC(=O)[C@@H](C)N1CCc2ccccc21. The van der Waals surface area contributed by atoms with E-state index < -0.39 is 0 Å². The van der Waals surface area contributed by atoms with Crippen molar-refractivity contribution in [2.75, 3.05) is 18.5 Å². The minimum Gasteiger partial charge on any atom is -0.359 e. The number of carbonyl (C=O) groups excluding carboxylic acids is 1. The summed E-state index contributed by atoms with van der Waals surface area (Å²) in [7, 11) is 1.68. The molecule has 0 aromatic heterocycles. The molecule has 15 heavy (non-hydrogen) atoms. The third-order valence-electron chi connectivity index (χ3n) is 3.02. The summed E-state index contributed by atoms with van der Waals surface area (Å²) < 4.78 is 0. The van der Waals surface area contributed by atoms with Gasteiger partial charge in [-0.15, -0.1) is 0 Å². The van der Waals surface area contributed by atoms with E-state index in [0.29, 0.717) is 0 Å². The van der Waals surface area contributed by atoms with Crippen LogP contribution in [0.3, 0.4) is 0 Å². The number of rotatable bonds is 2. The molecule has 1 heterocycles. The summed E-state index contributed by atoms with van der Waals surface area (Å²) in [5, 5.41) is 2.69. The number of hydrogen-bond donors (Lipinski definition) is 1. The highest BCUT2D eigenvalue weighted by atomic mass is 16.2. The van der Waals surface area contributed by atoms with Gasteiger partial charge in [0.1, 0.15) is 6.04 Å². The molecule has 1 aromatic rings. The number of carbonyl (C=O) groups is 1. The van der Waals surface area contributed by atoms with Gasteiger partial charge in [0.2, 0.25) is 5.91 Å². The van der Waals surface area contributed by atoms with Gasteiger partial charge in [0.05, 0.1) is 0 Å². The van der Waals surface area contributed by atoms with Crippen LogP contribution in [0.15, 0.2) is 24.3 Å². The van der Waals surface area contributed by atoms with Crippen molar-refractivity contribution in [3.8, 4) is 0 Å². The summed E-state index contributed by atoms with van der Waals surface area (Å²) in [5.41, 5.74) is 2.54. The minimum absolute atomic E-state index is 0.0757. The molecular formula is C12H16N2O. The van der Waals surface area contributed by atoms with Gasteiger partial charge in [0.15, 0.2) is 0 Å². The van der Waals surface area contributed by atoms with E-state index in [4.69, 9.17) is 0 Å². The number of para-hydroxylation sites is 1. The molecule has 0 spiro atoms. The van der Waals surface area contributed by atoms with E-state index in [0.717, 1.165) is 13.0 Å². The van der Waals surface area contributed by atoms with Crippen LogP contribution < -0.4 is 10.2 Å². The van der Waals surface area contributed by atoms with E-state index in [9.17, 15) is 4.79 Å². The van der Waals surface area contributed by atoms with Gasteiger partial charge in [-0.3, -0.25) is 4.79 Å². The monoisotopic (exact) mass is 204 g/mol. The zero-order chi connectivity index (χ0) is 10.8. The predicted octanol–water partition coefficient (Wildman–Crippen LogP) is 1.18. The fourth-order valence-corrected chi connectivity index (χ4v) is 2.12. The van der Waals surface area contributed by atoms with Crippen LogP contribution in [0.2, 0.25) is 0 Å². The fourth-order valence-electron chi connectivity index (χ4n) is 2.12. The first-order valence-corrected chi connectivity index (χ1v) is 5.30. The van der Waals surface area contributed by atoms with Gasteiger partial charge in [-0.2, -0.15) is 0 Å². The van der Waals surface area contributed by atoms with Crippen molar-refractivity contribution in [3.05, 3.63) is 29.8 Å². The molecule has 3 heteroatoms. The van der Waals surface area contributed by atoms with Crippen molar-refractivity contribution in [1.29, 1.82) is 0 Å². The Morgan fingerprint density at radius 3 is 2.93 bits per heavy atom. The Hall–Kier alpha value is -1.51. The van der Waals surface area contributed by atoms with Gasteiger partial charge in [-0.05, 0) is 25.0 Å². The van der Waals surface area contributed by atoms with Crippen LogP contribution >= 0.6 is 0 Å². The van der Waals surface area contributed by atoms with Crippen LogP contribution in [0.1, 0.15) is 12.5 Å². The molecule has 0 bridgehead atoms. The first kappa shape index (κ1) is 10.0. The molecule has 0 fully saturated rings. The standard InChI is InChI=1S/C12H16N2O/c1-9(12(15)13-2)14-8-7-10-5-3-4-6-11(10)14/h3-6,9H,7-8H2,1-2H3,(H,13,15)/t9-/m1/s1. The van der Waals surface area contributed by atoms with E-state index in [2.05, 4.69) is 22.3 Å². The first-order valence-electron chi connectivity index (χ1n) is 5.30. The number of hydrogen-bond acceptors (Lipinski definition) is 2. The van der Waals surface area contributed by atoms with Crippen molar-refractivity contribution in [2.24, 2.45) is 0 Å². The topological polar surface area (TPSA) is 32.3 Å². The smallest absolute Gasteiger partial charge is 0.242 e. The van der Waals surface area contributed by atoms with Gasteiger partial charge >= 0.3 is 0 Å². The minimum atomic E-state index is -0.0846. The lowest BCUT2D eigenvalue weighted by atomic mass is 10.2. The maximum Gasteiger partial charge on any atom is 0.242 e. The van der Waals surface area contributed by atoms with Crippen LogP contribution in [0.25, 0.3) is 0 Å². The lowest BCUT2D eigenvalue weighted by molar-refractivity contribution is -0.121. The number of nitrogens with zero attached hydrogens (tertiary/aromatic N) is 1. The molecule has 1 aliphatic heterocycles. The Morgan fingerprint density at radius 1 is 1.47 bits per heavy atom. The van der Waals surface area contributed by atoms with Crippen LogP contribution in [0, 0.1) is 0 Å². The number of amides is 1. The number of benzene rings is 1. The number of anilines is 1. The van der Waals surface area contributed by atoms with Crippen LogP contribution in [0.5, 0.6) is 0 Å².